The van der Waals surface area contributed by atoms with Gasteiger partial charge < -0.3 is 15.4 Å². The van der Waals surface area contributed by atoms with Crippen LogP contribution in [0.15, 0.2) is 10.4 Å². The molecule has 0 fully saturated rings. The highest BCUT2D eigenvalue weighted by Crippen LogP contribution is 2.11. The standard InChI is InChI=1S/C18H34N4OS/c1-5-19-18(21-11-8-12-23-13-15(2)3)20-10-7-6-9-17-22-16(4)14-24-17/h14-15H,5-13H2,1-4H3,(H2,19,20,21). The summed E-state index contributed by atoms with van der Waals surface area (Å²) in [6, 6.07) is 0. The third-order valence-electron chi connectivity index (χ3n) is 3.29. The lowest BCUT2D eigenvalue weighted by Gasteiger charge is -2.11. The first kappa shape index (κ1) is 20.9. The molecule has 5 nitrogen and oxygen atoms in total. The lowest BCUT2D eigenvalue weighted by atomic mass is 10.2. The second-order valence-corrected chi connectivity index (χ2v) is 7.29. The molecule has 0 saturated carbocycles. The molecule has 138 valence electrons. The minimum absolute atomic E-state index is 0.598. The molecule has 1 aromatic heterocycles. The SMILES string of the molecule is CCNC(=NCCCOCC(C)C)NCCCCc1nc(C)cs1. The fourth-order valence-electron chi connectivity index (χ4n) is 2.14. The minimum atomic E-state index is 0.598. The Hall–Kier alpha value is -1.14. The molecule has 0 amide bonds. The average molecular weight is 355 g/mol. The highest BCUT2D eigenvalue weighted by molar-refractivity contribution is 7.09. The first-order valence-electron chi connectivity index (χ1n) is 9.12. The Morgan fingerprint density at radius 2 is 2.12 bits per heavy atom. The highest BCUT2D eigenvalue weighted by Gasteiger charge is 2.00. The van der Waals surface area contributed by atoms with E-state index < -0.39 is 0 Å². The topological polar surface area (TPSA) is 58.5 Å². The van der Waals surface area contributed by atoms with Crippen LogP contribution < -0.4 is 10.6 Å². The van der Waals surface area contributed by atoms with E-state index in [0.29, 0.717) is 5.92 Å². The van der Waals surface area contributed by atoms with E-state index in [9.17, 15) is 0 Å². The van der Waals surface area contributed by atoms with Crippen LogP contribution in [-0.2, 0) is 11.2 Å². The molecular weight excluding hydrogens is 320 g/mol. The van der Waals surface area contributed by atoms with Crippen LogP contribution in [0.5, 0.6) is 0 Å². The minimum Gasteiger partial charge on any atom is -0.381 e. The number of nitrogens with one attached hydrogen (secondary N) is 2. The third kappa shape index (κ3) is 10.6. The van der Waals surface area contributed by atoms with Gasteiger partial charge in [-0.15, -0.1) is 11.3 Å². The van der Waals surface area contributed by atoms with Crippen molar-refractivity contribution in [2.45, 2.75) is 53.4 Å². The number of guanidine groups is 1. The number of rotatable bonds is 12. The average Bonchev–Trinajstić information content (AvgIpc) is 2.95. The molecule has 24 heavy (non-hydrogen) atoms. The monoisotopic (exact) mass is 354 g/mol. The number of hydrogen-bond acceptors (Lipinski definition) is 4. The van der Waals surface area contributed by atoms with Crippen molar-refractivity contribution in [2.75, 3.05) is 32.8 Å². The maximum Gasteiger partial charge on any atom is 0.191 e. The van der Waals surface area contributed by atoms with Crippen molar-refractivity contribution in [3.63, 3.8) is 0 Å². The van der Waals surface area contributed by atoms with Gasteiger partial charge in [-0.05, 0) is 45.4 Å². The molecule has 0 unspecified atom stereocenters. The molecule has 0 atom stereocenters. The maximum atomic E-state index is 5.58. The molecule has 0 radical (unpaired) electrons. The van der Waals surface area contributed by atoms with Gasteiger partial charge in [-0.1, -0.05) is 13.8 Å². The molecule has 2 N–H and O–H groups in total. The predicted octanol–water partition coefficient (Wildman–Crippen LogP) is 3.39. The predicted molar refractivity (Wildman–Crippen MR) is 104 cm³/mol. The smallest absolute Gasteiger partial charge is 0.191 e. The van der Waals surface area contributed by atoms with Gasteiger partial charge in [0.05, 0.1) is 5.01 Å². The largest absolute Gasteiger partial charge is 0.381 e. The Morgan fingerprint density at radius 3 is 2.79 bits per heavy atom. The van der Waals surface area contributed by atoms with E-state index >= 15 is 0 Å². The van der Waals surface area contributed by atoms with Crippen molar-refractivity contribution in [1.82, 2.24) is 15.6 Å². The zero-order valence-corrected chi connectivity index (χ0v) is 16.5. The summed E-state index contributed by atoms with van der Waals surface area (Å²) in [7, 11) is 0. The zero-order valence-electron chi connectivity index (χ0n) is 15.7. The summed E-state index contributed by atoms with van der Waals surface area (Å²) in [6.07, 6.45) is 4.32. The van der Waals surface area contributed by atoms with E-state index in [1.807, 2.05) is 0 Å². The second kappa shape index (κ2) is 13.2. The van der Waals surface area contributed by atoms with E-state index in [0.717, 1.165) is 70.2 Å². The van der Waals surface area contributed by atoms with Crippen LogP contribution in [-0.4, -0.2) is 43.8 Å². The number of aromatic nitrogens is 1. The van der Waals surface area contributed by atoms with Crippen molar-refractivity contribution < 1.29 is 4.74 Å². The maximum absolute atomic E-state index is 5.58. The van der Waals surface area contributed by atoms with E-state index in [-0.39, 0.29) is 0 Å². The Balaban J connectivity index is 2.11. The van der Waals surface area contributed by atoms with Crippen molar-refractivity contribution in [3.05, 3.63) is 16.1 Å². The number of aryl methyl sites for hydroxylation is 2. The Labute approximate surface area is 151 Å². The Bertz CT molecular complexity index is 460. The number of nitrogens with zero attached hydrogens (tertiary/aromatic N) is 2. The van der Waals surface area contributed by atoms with Gasteiger partial charge in [0.15, 0.2) is 5.96 Å². The molecule has 1 heterocycles. The van der Waals surface area contributed by atoms with Crippen molar-refractivity contribution >= 4 is 17.3 Å². The van der Waals surface area contributed by atoms with Crippen molar-refractivity contribution in [3.8, 4) is 0 Å². The summed E-state index contributed by atoms with van der Waals surface area (Å²) >= 11 is 1.76. The fraction of sp³-hybridized carbons (Fsp3) is 0.778. The van der Waals surface area contributed by atoms with Gasteiger partial charge in [0.2, 0.25) is 0 Å². The second-order valence-electron chi connectivity index (χ2n) is 6.35. The first-order chi connectivity index (χ1) is 11.6. The summed E-state index contributed by atoms with van der Waals surface area (Å²) < 4.78 is 5.58. The van der Waals surface area contributed by atoms with Crippen LogP contribution in [0.1, 0.15) is 50.7 Å². The first-order valence-corrected chi connectivity index (χ1v) is 10.0. The lowest BCUT2D eigenvalue weighted by Crippen LogP contribution is -2.37. The van der Waals surface area contributed by atoms with E-state index in [1.165, 1.54) is 5.01 Å². The number of thiazole rings is 1. The molecule has 0 aromatic carbocycles. The molecule has 0 spiro atoms. The van der Waals surface area contributed by atoms with Crippen LogP contribution in [0.2, 0.25) is 0 Å². The van der Waals surface area contributed by atoms with Gasteiger partial charge in [0, 0.05) is 43.9 Å². The molecule has 1 rings (SSSR count). The van der Waals surface area contributed by atoms with E-state index in [1.54, 1.807) is 11.3 Å². The van der Waals surface area contributed by atoms with E-state index in [2.05, 4.69) is 53.7 Å². The quantitative estimate of drug-likeness (QED) is 0.343. The number of aliphatic imine (C=N–C) groups is 1. The zero-order chi connectivity index (χ0) is 17.6. The van der Waals surface area contributed by atoms with Crippen LogP contribution in [0.3, 0.4) is 0 Å². The molecule has 1 aromatic rings. The van der Waals surface area contributed by atoms with Crippen molar-refractivity contribution in [2.24, 2.45) is 10.9 Å². The Morgan fingerprint density at radius 1 is 1.29 bits per heavy atom. The fourth-order valence-corrected chi connectivity index (χ4v) is 2.96. The third-order valence-corrected chi connectivity index (χ3v) is 4.31. The van der Waals surface area contributed by atoms with Crippen molar-refractivity contribution in [1.29, 1.82) is 0 Å². The summed E-state index contributed by atoms with van der Waals surface area (Å²) in [5, 5.41) is 10.1. The molecule has 0 aliphatic carbocycles. The summed E-state index contributed by atoms with van der Waals surface area (Å²) in [6.45, 7) is 12.7. The summed E-state index contributed by atoms with van der Waals surface area (Å²) in [5.74, 6) is 1.51. The molecule has 6 heteroatoms. The number of unbranched alkanes of at least 4 members (excludes halogenated alkanes) is 1. The van der Waals surface area contributed by atoms with Gasteiger partial charge in [0.1, 0.15) is 0 Å². The normalized spacial score (nSPS) is 12.0. The molecule has 0 aliphatic heterocycles. The molecular formula is C18H34N4OS. The van der Waals surface area contributed by atoms with Gasteiger partial charge in [0.25, 0.3) is 0 Å². The van der Waals surface area contributed by atoms with Gasteiger partial charge in [-0.25, -0.2) is 4.98 Å². The summed E-state index contributed by atoms with van der Waals surface area (Å²) in [5.41, 5.74) is 1.13. The molecule has 0 aliphatic rings. The van der Waals surface area contributed by atoms with Gasteiger partial charge >= 0.3 is 0 Å². The molecule has 0 bridgehead atoms. The van der Waals surface area contributed by atoms with Crippen LogP contribution in [0, 0.1) is 12.8 Å². The van der Waals surface area contributed by atoms with Gasteiger partial charge in [-0.3, -0.25) is 4.99 Å². The van der Waals surface area contributed by atoms with Gasteiger partial charge in [-0.2, -0.15) is 0 Å². The Kier molecular flexibility index (Phi) is 11.5. The van der Waals surface area contributed by atoms with Crippen LogP contribution >= 0.6 is 11.3 Å². The van der Waals surface area contributed by atoms with Crippen LogP contribution in [0.25, 0.3) is 0 Å². The molecule has 0 saturated heterocycles. The number of ether oxygens (including phenoxy) is 1. The number of hydrogen-bond donors (Lipinski definition) is 2. The van der Waals surface area contributed by atoms with Crippen LogP contribution in [0.4, 0.5) is 0 Å². The highest BCUT2D eigenvalue weighted by atomic mass is 32.1. The lowest BCUT2D eigenvalue weighted by molar-refractivity contribution is 0.109. The summed E-state index contributed by atoms with van der Waals surface area (Å²) in [4.78, 5) is 9.09. The van der Waals surface area contributed by atoms with E-state index in [4.69, 9.17) is 4.74 Å².